The molecule has 2 nitrogen and oxygen atoms in total. The van der Waals surface area contributed by atoms with E-state index in [0.717, 1.165) is 31.0 Å². The van der Waals surface area contributed by atoms with E-state index in [1.165, 1.54) is 51.4 Å². The first-order valence-corrected chi connectivity index (χ1v) is 9.65. The number of ether oxygens (including phenoxy) is 1. The molecular formula is C17H33BrO2. The van der Waals surface area contributed by atoms with Crippen molar-refractivity contribution >= 4 is 21.9 Å². The van der Waals surface area contributed by atoms with Crippen LogP contribution in [-0.4, -0.2) is 17.9 Å². The van der Waals surface area contributed by atoms with Gasteiger partial charge in [-0.2, -0.15) is 0 Å². The predicted octanol–water partition coefficient (Wildman–Crippen LogP) is 6.02. The third-order valence-corrected chi connectivity index (χ3v) is 4.09. The Bertz CT molecular complexity index is 207. The van der Waals surface area contributed by atoms with E-state index in [-0.39, 0.29) is 5.97 Å². The maximum atomic E-state index is 11.4. The van der Waals surface area contributed by atoms with Gasteiger partial charge in [-0.15, -0.1) is 0 Å². The Balaban J connectivity index is 3.07. The van der Waals surface area contributed by atoms with Crippen LogP contribution in [0.25, 0.3) is 0 Å². The zero-order valence-corrected chi connectivity index (χ0v) is 14.9. The average molecular weight is 349 g/mol. The van der Waals surface area contributed by atoms with Gasteiger partial charge in [0.2, 0.25) is 0 Å². The number of alkyl halides is 1. The van der Waals surface area contributed by atoms with Gasteiger partial charge >= 0.3 is 5.97 Å². The van der Waals surface area contributed by atoms with Crippen molar-refractivity contribution in [3.8, 4) is 0 Å². The van der Waals surface area contributed by atoms with Crippen LogP contribution in [-0.2, 0) is 9.53 Å². The molecule has 0 saturated carbocycles. The fourth-order valence-corrected chi connectivity index (χ4v) is 2.61. The molecule has 0 aromatic heterocycles. The number of halogens is 1. The average Bonchev–Trinajstić information content (AvgIpc) is 2.45. The highest BCUT2D eigenvalue weighted by Crippen LogP contribution is 2.10. The number of esters is 1. The van der Waals surface area contributed by atoms with Crippen molar-refractivity contribution in [3.63, 3.8) is 0 Å². The van der Waals surface area contributed by atoms with Crippen LogP contribution in [0.2, 0.25) is 0 Å². The summed E-state index contributed by atoms with van der Waals surface area (Å²) in [5.74, 6) is -0.00904. The Kier molecular flexibility index (Phi) is 17.0. The molecule has 0 amide bonds. The van der Waals surface area contributed by atoms with Gasteiger partial charge in [-0.3, -0.25) is 4.79 Å². The Morgan fingerprint density at radius 1 is 0.800 bits per heavy atom. The lowest BCUT2D eigenvalue weighted by molar-refractivity contribution is -0.143. The molecule has 0 atom stereocenters. The maximum absolute atomic E-state index is 11.4. The number of hydrogen-bond donors (Lipinski definition) is 0. The molecule has 120 valence electrons. The van der Waals surface area contributed by atoms with Crippen LogP contribution in [0.15, 0.2) is 0 Å². The van der Waals surface area contributed by atoms with Gasteiger partial charge in [-0.05, 0) is 19.3 Å². The van der Waals surface area contributed by atoms with Gasteiger partial charge in [0.25, 0.3) is 0 Å². The Labute approximate surface area is 134 Å². The highest BCUT2D eigenvalue weighted by Gasteiger charge is 2.01. The summed E-state index contributed by atoms with van der Waals surface area (Å²) in [5, 5.41) is 1.14. The van der Waals surface area contributed by atoms with Crippen molar-refractivity contribution in [1.29, 1.82) is 0 Å². The standard InChI is InChI=1S/C17H33BrO2/c1-2-3-11-14-17(19)20-16-13-10-8-6-4-5-7-9-12-15-18/h2-16H2,1H3. The largest absolute Gasteiger partial charge is 0.466 e. The predicted molar refractivity (Wildman–Crippen MR) is 90.4 cm³/mol. The highest BCUT2D eigenvalue weighted by molar-refractivity contribution is 9.09. The summed E-state index contributed by atoms with van der Waals surface area (Å²) in [7, 11) is 0. The van der Waals surface area contributed by atoms with E-state index < -0.39 is 0 Å². The van der Waals surface area contributed by atoms with Gasteiger partial charge in [0.15, 0.2) is 0 Å². The van der Waals surface area contributed by atoms with Crippen molar-refractivity contribution in [1.82, 2.24) is 0 Å². The van der Waals surface area contributed by atoms with E-state index in [2.05, 4.69) is 22.9 Å². The molecule has 0 bridgehead atoms. The van der Waals surface area contributed by atoms with Crippen molar-refractivity contribution < 1.29 is 9.53 Å². The Morgan fingerprint density at radius 3 is 1.90 bits per heavy atom. The molecule has 0 aliphatic carbocycles. The van der Waals surface area contributed by atoms with Crippen LogP contribution in [0.3, 0.4) is 0 Å². The monoisotopic (exact) mass is 348 g/mol. The normalized spacial score (nSPS) is 10.7. The molecule has 0 saturated heterocycles. The molecule has 3 heteroatoms. The van der Waals surface area contributed by atoms with Crippen LogP contribution >= 0.6 is 15.9 Å². The molecule has 0 aromatic carbocycles. The SMILES string of the molecule is CCCCCC(=O)OCCCCCCCCCCCBr. The van der Waals surface area contributed by atoms with Crippen LogP contribution < -0.4 is 0 Å². The van der Waals surface area contributed by atoms with Gasteiger partial charge in [0, 0.05) is 11.8 Å². The van der Waals surface area contributed by atoms with Gasteiger partial charge < -0.3 is 4.74 Å². The van der Waals surface area contributed by atoms with E-state index in [1.807, 2.05) is 0 Å². The second-order valence-corrected chi connectivity index (χ2v) is 6.34. The second-order valence-electron chi connectivity index (χ2n) is 5.55. The fourth-order valence-electron chi connectivity index (χ4n) is 2.21. The molecule has 0 aliphatic heterocycles. The highest BCUT2D eigenvalue weighted by atomic mass is 79.9. The van der Waals surface area contributed by atoms with E-state index in [4.69, 9.17) is 4.74 Å². The van der Waals surface area contributed by atoms with Crippen molar-refractivity contribution in [2.75, 3.05) is 11.9 Å². The third kappa shape index (κ3) is 16.0. The van der Waals surface area contributed by atoms with Gasteiger partial charge in [0.05, 0.1) is 6.61 Å². The first-order valence-electron chi connectivity index (χ1n) is 8.52. The minimum Gasteiger partial charge on any atom is -0.466 e. The first-order chi connectivity index (χ1) is 9.81. The minimum atomic E-state index is -0.00904. The molecule has 0 radical (unpaired) electrons. The first kappa shape index (κ1) is 19.9. The zero-order valence-electron chi connectivity index (χ0n) is 13.3. The maximum Gasteiger partial charge on any atom is 0.305 e. The quantitative estimate of drug-likeness (QED) is 0.205. The molecule has 0 unspecified atom stereocenters. The molecular weight excluding hydrogens is 316 g/mol. The number of rotatable bonds is 15. The lowest BCUT2D eigenvalue weighted by Gasteiger charge is -2.05. The lowest BCUT2D eigenvalue weighted by Crippen LogP contribution is -2.05. The number of carbonyl (C=O) groups excluding carboxylic acids is 1. The lowest BCUT2D eigenvalue weighted by atomic mass is 10.1. The molecule has 0 aliphatic rings. The van der Waals surface area contributed by atoms with Crippen molar-refractivity contribution in [2.45, 2.75) is 90.4 Å². The molecule has 0 heterocycles. The van der Waals surface area contributed by atoms with Gasteiger partial charge in [-0.25, -0.2) is 0 Å². The summed E-state index contributed by atoms with van der Waals surface area (Å²) in [5.41, 5.74) is 0. The summed E-state index contributed by atoms with van der Waals surface area (Å²) in [6.07, 6.45) is 15.5. The molecule has 0 fully saturated rings. The topological polar surface area (TPSA) is 26.3 Å². The van der Waals surface area contributed by atoms with Gasteiger partial charge in [0.1, 0.15) is 0 Å². The van der Waals surface area contributed by atoms with Crippen LogP contribution in [0.5, 0.6) is 0 Å². The van der Waals surface area contributed by atoms with E-state index in [0.29, 0.717) is 13.0 Å². The number of carbonyl (C=O) groups is 1. The molecule has 0 aromatic rings. The number of unbranched alkanes of at least 4 members (excludes halogenated alkanes) is 10. The Morgan fingerprint density at radius 2 is 1.35 bits per heavy atom. The molecule has 0 rings (SSSR count). The number of hydrogen-bond acceptors (Lipinski definition) is 2. The van der Waals surface area contributed by atoms with E-state index >= 15 is 0 Å². The van der Waals surface area contributed by atoms with Gasteiger partial charge in [-0.1, -0.05) is 80.6 Å². The van der Waals surface area contributed by atoms with Crippen LogP contribution in [0, 0.1) is 0 Å². The summed E-state index contributed by atoms with van der Waals surface area (Å²) in [4.78, 5) is 11.4. The van der Waals surface area contributed by atoms with E-state index in [9.17, 15) is 4.79 Å². The fraction of sp³-hybridized carbons (Fsp3) is 0.941. The summed E-state index contributed by atoms with van der Waals surface area (Å²) < 4.78 is 5.22. The van der Waals surface area contributed by atoms with E-state index in [1.54, 1.807) is 0 Å². The van der Waals surface area contributed by atoms with Crippen LogP contribution in [0.1, 0.15) is 90.4 Å². The molecule has 0 spiro atoms. The molecule has 20 heavy (non-hydrogen) atoms. The smallest absolute Gasteiger partial charge is 0.305 e. The van der Waals surface area contributed by atoms with Crippen molar-refractivity contribution in [2.24, 2.45) is 0 Å². The minimum absolute atomic E-state index is 0.00904. The Hall–Kier alpha value is -0.0500. The summed E-state index contributed by atoms with van der Waals surface area (Å²) in [6, 6.07) is 0. The summed E-state index contributed by atoms with van der Waals surface area (Å²) >= 11 is 3.46. The second kappa shape index (κ2) is 17.0. The van der Waals surface area contributed by atoms with Crippen LogP contribution in [0.4, 0.5) is 0 Å². The molecule has 0 N–H and O–H groups in total. The summed E-state index contributed by atoms with van der Waals surface area (Å²) in [6.45, 7) is 2.77. The zero-order chi connectivity index (χ0) is 14.9. The third-order valence-electron chi connectivity index (χ3n) is 3.53. The van der Waals surface area contributed by atoms with Crippen molar-refractivity contribution in [3.05, 3.63) is 0 Å².